The summed E-state index contributed by atoms with van der Waals surface area (Å²) < 4.78 is 0.306. The highest BCUT2D eigenvalue weighted by atomic mass is 32.2. The Morgan fingerprint density at radius 3 is 2.26 bits per heavy atom. The molecule has 1 aliphatic rings. The molecule has 1 nitrogen and oxygen atoms in total. The van der Waals surface area contributed by atoms with Gasteiger partial charge in [-0.3, -0.25) is 0 Å². The fourth-order valence-electron chi connectivity index (χ4n) is 2.86. The van der Waals surface area contributed by atoms with Crippen molar-refractivity contribution in [3.8, 4) is 0 Å². The van der Waals surface area contributed by atoms with Gasteiger partial charge in [0.1, 0.15) is 0 Å². The lowest BCUT2D eigenvalue weighted by Crippen LogP contribution is -2.35. The maximum absolute atomic E-state index is 9.40. The molecule has 0 aliphatic heterocycles. The summed E-state index contributed by atoms with van der Waals surface area (Å²) in [5.74, 6) is 1.07. The van der Waals surface area contributed by atoms with Crippen molar-refractivity contribution in [2.45, 2.75) is 56.5 Å². The standard InChI is InChI=1S/C17H26OS/c1-16(2)8-10-17(11-9-16,12-13-18)19-14-15-6-4-3-5-7-15/h3-7,18H,8-14H2,1-2H3. The van der Waals surface area contributed by atoms with Crippen LogP contribution < -0.4 is 0 Å². The first-order valence-electron chi connectivity index (χ1n) is 7.34. The van der Waals surface area contributed by atoms with Crippen molar-refractivity contribution in [2.24, 2.45) is 5.41 Å². The molecule has 2 rings (SSSR count). The Labute approximate surface area is 121 Å². The molecule has 0 bridgehead atoms. The topological polar surface area (TPSA) is 20.2 Å². The third kappa shape index (κ3) is 4.25. The van der Waals surface area contributed by atoms with Crippen molar-refractivity contribution in [1.82, 2.24) is 0 Å². The molecule has 0 saturated heterocycles. The molecule has 0 atom stereocenters. The number of hydrogen-bond donors (Lipinski definition) is 1. The highest BCUT2D eigenvalue weighted by Gasteiger charge is 2.38. The van der Waals surface area contributed by atoms with Gasteiger partial charge in [0.2, 0.25) is 0 Å². The summed E-state index contributed by atoms with van der Waals surface area (Å²) in [5, 5.41) is 9.40. The number of hydrogen-bond acceptors (Lipinski definition) is 2. The molecule has 0 amide bonds. The Bertz CT molecular complexity index is 376. The minimum absolute atomic E-state index is 0.306. The van der Waals surface area contributed by atoms with Crippen molar-refractivity contribution in [3.63, 3.8) is 0 Å². The van der Waals surface area contributed by atoms with Crippen LogP contribution in [0.2, 0.25) is 0 Å². The van der Waals surface area contributed by atoms with Crippen LogP contribution in [0.4, 0.5) is 0 Å². The normalized spacial score (nSPS) is 21.2. The van der Waals surface area contributed by atoms with Crippen LogP contribution in [-0.4, -0.2) is 16.5 Å². The second kappa shape index (κ2) is 6.32. The maximum atomic E-state index is 9.40. The SMILES string of the molecule is CC1(C)CCC(CCO)(SCc2ccccc2)CC1. The zero-order valence-electron chi connectivity index (χ0n) is 12.2. The van der Waals surface area contributed by atoms with E-state index >= 15 is 0 Å². The van der Waals surface area contributed by atoms with Crippen LogP contribution in [0.3, 0.4) is 0 Å². The predicted molar refractivity (Wildman–Crippen MR) is 84.4 cm³/mol. The van der Waals surface area contributed by atoms with Gasteiger partial charge < -0.3 is 5.11 Å². The van der Waals surface area contributed by atoms with Crippen LogP contribution >= 0.6 is 11.8 Å². The summed E-state index contributed by atoms with van der Waals surface area (Å²) >= 11 is 2.06. The van der Waals surface area contributed by atoms with Crippen molar-refractivity contribution in [1.29, 1.82) is 0 Å². The molecule has 106 valence electrons. The summed E-state index contributed by atoms with van der Waals surface area (Å²) in [6, 6.07) is 10.7. The van der Waals surface area contributed by atoms with Crippen LogP contribution in [0.1, 0.15) is 51.5 Å². The van der Waals surface area contributed by atoms with Gasteiger partial charge in [-0.25, -0.2) is 0 Å². The maximum Gasteiger partial charge on any atom is 0.0444 e. The van der Waals surface area contributed by atoms with Crippen molar-refractivity contribution in [2.75, 3.05) is 6.61 Å². The molecule has 1 aromatic carbocycles. The molecule has 19 heavy (non-hydrogen) atoms. The van der Waals surface area contributed by atoms with E-state index in [2.05, 4.69) is 55.9 Å². The Hall–Kier alpha value is -0.470. The third-order valence-electron chi connectivity index (χ3n) is 4.47. The lowest BCUT2D eigenvalue weighted by atomic mass is 9.72. The van der Waals surface area contributed by atoms with Crippen molar-refractivity contribution < 1.29 is 5.11 Å². The minimum atomic E-state index is 0.306. The first kappa shape index (κ1) is 14.9. The monoisotopic (exact) mass is 278 g/mol. The fraction of sp³-hybridized carbons (Fsp3) is 0.647. The average Bonchev–Trinajstić information content (AvgIpc) is 2.41. The highest BCUT2D eigenvalue weighted by Crippen LogP contribution is 2.49. The Morgan fingerprint density at radius 1 is 1.05 bits per heavy atom. The van der Waals surface area contributed by atoms with Gasteiger partial charge in [-0.05, 0) is 43.1 Å². The zero-order chi connectivity index (χ0) is 13.8. The second-order valence-electron chi connectivity index (χ2n) is 6.60. The molecule has 1 aliphatic carbocycles. The van der Waals surface area contributed by atoms with Gasteiger partial charge in [0.25, 0.3) is 0 Å². The van der Waals surface area contributed by atoms with Crippen LogP contribution in [-0.2, 0) is 5.75 Å². The number of aliphatic hydroxyl groups excluding tert-OH is 1. The van der Waals surface area contributed by atoms with E-state index in [-0.39, 0.29) is 0 Å². The minimum Gasteiger partial charge on any atom is -0.396 e. The summed E-state index contributed by atoms with van der Waals surface area (Å²) in [6.07, 6.45) is 6.01. The molecule has 2 heteroatoms. The smallest absolute Gasteiger partial charge is 0.0444 e. The quantitative estimate of drug-likeness (QED) is 0.846. The largest absolute Gasteiger partial charge is 0.396 e. The van der Waals surface area contributed by atoms with Crippen molar-refractivity contribution in [3.05, 3.63) is 35.9 Å². The predicted octanol–water partition coefficient (Wildman–Crippen LogP) is 4.64. The number of benzene rings is 1. The van der Waals surface area contributed by atoms with E-state index in [1.807, 2.05) is 0 Å². The molecular formula is C17H26OS. The first-order chi connectivity index (χ1) is 9.05. The number of thioether (sulfide) groups is 1. The van der Waals surface area contributed by atoms with E-state index < -0.39 is 0 Å². The van der Waals surface area contributed by atoms with Gasteiger partial charge in [0.05, 0.1) is 0 Å². The molecule has 0 aromatic heterocycles. The molecule has 0 heterocycles. The molecule has 1 saturated carbocycles. The molecule has 1 N–H and O–H groups in total. The van der Waals surface area contributed by atoms with Gasteiger partial charge >= 0.3 is 0 Å². The first-order valence-corrected chi connectivity index (χ1v) is 8.33. The van der Waals surface area contributed by atoms with E-state index in [1.54, 1.807) is 0 Å². The molecule has 0 unspecified atom stereocenters. The highest BCUT2D eigenvalue weighted by molar-refractivity contribution is 7.99. The fourth-order valence-corrected chi connectivity index (χ4v) is 4.26. The number of aliphatic hydroxyl groups is 1. The Balaban J connectivity index is 1.96. The van der Waals surface area contributed by atoms with E-state index in [9.17, 15) is 5.11 Å². The second-order valence-corrected chi connectivity index (χ2v) is 8.04. The average molecular weight is 278 g/mol. The summed E-state index contributed by atoms with van der Waals surface area (Å²) in [7, 11) is 0. The van der Waals surface area contributed by atoms with E-state index in [0.29, 0.717) is 16.8 Å². The molecule has 1 fully saturated rings. The van der Waals surface area contributed by atoms with Crippen LogP contribution in [0.5, 0.6) is 0 Å². The van der Waals surface area contributed by atoms with Gasteiger partial charge in [0, 0.05) is 17.1 Å². The Morgan fingerprint density at radius 2 is 1.68 bits per heavy atom. The molecule has 0 spiro atoms. The van der Waals surface area contributed by atoms with Gasteiger partial charge in [-0.1, -0.05) is 44.2 Å². The summed E-state index contributed by atoms with van der Waals surface area (Å²) in [6.45, 7) is 5.07. The lowest BCUT2D eigenvalue weighted by Gasteiger charge is -2.43. The van der Waals surface area contributed by atoms with Crippen LogP contribution in [0, 0.1) is 5.41 Å². The Kier molecular flexibility index (Phi) is 4.97. The van der Waals surface area contributed by atoms with Gasteiger partial charge in [-0.2, -0.15) is 11.8 Å². The third-order valence-corrected chi connectivity index (χ3v) is 6.17. The summed E-state index contributed by atoms with van der Waals surface area (Å²) in [4.78, 5) is 0. The summed E-state index contributed by atoms with van der Waals surface area (Å²) in [5.41, 5.74) is 1.89. The molecule has 1 aromatic rings. The number of rotatable bonds is 5. The zero-order valence-corrected chi connectivity index (χ0v) is 13.0. The molecule has 0 radical (unpaired) electrons. The van der Waals surface area contributed by atoms with E-state index in [4.69, 9.17) is 0 Å². The lowest BCUT2D eigenvalue weighted by molar-refractivity contribution is 0.180. The van der Waals surface area contributed by atoms with Gasteiger partial charge in [0.15, 0.2) is 0 Å². The van der Waals surface area contributed by atoms with Crippen LogP contribution in [0.25, 0.3) is 0 Å². The van der Waals surface area contributed by atoms with Gasteiger partial charge in [-0.15, -0.1) is 0 Å². The van der Waals surface area contributed by atoms with E-state index in [1.165, 1.54) is 31.2 Å². The van der Waals surface area contributed by atoms with E-state index in [0.717, 1.165) is 12.2 Å². The van der Waals surface area contributed by atoms with Crippen molar-refractivity contribution >= 4 is 11.8 Å². The van der Waals surface area contributed by atoms with Crippen LogP contribution in [0.15, 0.2) is 30.3 Å². The molecular weight excluding hydrogens is 252 g/mol.